The SMILES string of the molecule is Cc1nc2c3ccccc3nn2c(C)c1CCC(=O)Nc1ccc(C(=O)N2CCc3ccccc32)cc1. The number of aryl methyl sites for hydroxylation is 2. The molecule has 0 aliphatic carbocycles. The van der Waals surface area contributed by atoms with Crippen molar-refractivity contribution in [3.63, 3.8) is 0 Å². The molecule has 0 bridgehead atoms. The second-order valence-electron chi connectivity index (χ2n) is 9.47. The molecular weight excluding hydrogens is 462 g/mol. The molecule has 7 nitrogen and oxygen atoms in total. The number of aromatic nitrogens is 3. The van der Waals surface area contributed by atoms with Crippen LogP contribution in [0.2, 0.25) is 0 Å². The number of anilines is 2. The predicted octanol–water partition coefficient (Wildman–Crippen LogP) is 5.27. The number of fused-ring (bicyclic) bond motifs is 4. The van der Waals surface area contributed by atoms with E-state index < -0.39 is 0 Å². The van der Waals surface area contributed by atoms with Crippen molar-refractivity contribution in [1.82, 2.24) is 14.6 Å². The van der Waals surface area contributed by atoms with Gasteiger partial charge in [-0.1, -0.05) is 30.3 Å². The summed E-state index contributed by atoms with van der Waals surface area (Å²) in [4.78, 5) is 32.4. The average Bonchev–Trinajstić information content (AvgIpc) is 3.51. The Labute approximate surface area is 214 Å². The summed E-state index contributed by atoms with van der Waals surface area (Å²) < 4.78 is 1.87. The van der Waals surface area contributed by atoms with Gasteiger partial charge in [-0.05, 0) is 80.3 Å². The van der Waals surface area contributed by atoms with Crippen molar-refractivity contribution in [3.8, 4) is 0 Å². The van der Waals surface area contributed by atoms with Crippen LogP contribution in [0.15, 0.2) is 72.8 Å². The lowest BCUT2D eigenvalue weighted by atomic mass is 10.1. The Balaban J connectivity index is 1.12. The number of hydrogen-bond acceptors (Lipinski definition) is 4. The second kappa shape index (κ2) is 9.17. The highest BCUT2D eigenvalue weighted by molar-refractivity contribution is 6.07. The van der Waals surface area contributed by atoms with Gasteiger partial charge in [0.25, 0.3) is 5.91 Å². The van der Waals surface area contributed by atoms with Crippen molar-refractivity contribution >= 4 is 39.7 Å². The van der Waals surface area contributed by atoms with Crippen LogP contribution in [0.4, 0.5) is 11.4 Å². The maximum Gasteiger partial charge on any atom is 0.258 e. The average molecular weight is 490 g/mol. The minimum atomic E-state index is -0.0860. The zero-order valence-corrected chi connectivity index (χ0v) is 20.9. The van der Waals surface area contributed by atoms with E-state index >= 15 is 0 Å². The number of nitrogens with one attached hydrogen (secondary N) is 1. The molecule has 1 aliphatic heterocycles. The number of nitrogens with zero attached hydrogens (tertiary/aromatic N) is 4. The normalized spacial score (nSPS) is 12.8. The zero-order chi connectivity index (χ0) is 25.5. The highest BCUT2D eigenvalue weighted by atomic mass is 16.2. The fraction of sp³-hybridized carbons (Fsp3) is 0.200. The number of carbonyl (C=O) groups excluding carboxylic acids is 2. The molecule has 1 N–H and O–H groups in total. The topological polar surface area (TPSA) is 79.6 Å². The highest BCUT2D eigenvalue weighted by Crippen LogP contribution is 2.29. The summed E-state index contributed by atoms with van der Waals surface area (Å²) in [5.74, 6) is -0.111. The summed E-state index contributed by atoms with van der Waals surface area (Å²) in [7, 11) is 0. The number of benzene rings is 3. The fourth-order valence-corrected chi connectivity index (χ4v) is 5.20. The van der Waals surface area contributed by atoms with Crippen LogP contribution in [0.1, 0.15) is 39.3 Å². The first kappa shape index (κ1) is 22.9. The molecule has 7 heteroatoms. The summed E-state index contributed by atoms with van der Waals surface area (Å²) in [6.07, 6.45) is 1.75. The van der Waals surface area contributed by atoms with Crippen LogP contribution in [0.25, 0.3) is 16.6 Å². The molecule has 0 spiro atoms. The van der Waals surface area contributed by atoms with Gasteiger partial charge < -0.3 is 10.2 Å². The van der Waals surface area contributed by atoms with Crippen molar-refractivity contribution in [2.24, 2.45) is 0 Å². The molecule has 0 saturated carbocycles. The van der Waals surface area contributed by atoms with Gasteiger partial charge >= 0.3 is 0 Å². The Bertz CT molecular complexity index is 1670. The molecule has 6 rings (SSSR count). The molecule has 2 aromatic heterocycles. The Morgan fingerprint density at radius 1 is 0.946 bits per heavy atom. The van der Waals surface area contributed by atoms with E-state index in [9.17, 15) is 9.59 Å². The Morgan fingerprint density at radius 3 is 2.54 bits per heavy atom. The zero-order valence-electron chi connectivity index (χ0n) is 20.9. The molecule has 5 aromatic rings. The van der Waals surface area contributed by atoms with Gasteiger partial charge in [0.05, 0.1) is 5.52 Å². The number of para-hydroxylation sites is 1. The summed E-state index contributed by atoms with van der Waals surface area (Å²) >= 11 is 0. The minimum absolute atomic E-state index is 0.0250. The first-order chi connectivity index (χ1) is 18.0. The van der Waals surface area contributed by atoms with Gasteiger partial charge in [-0.3, -0.25) is 9.59 Å². The molecule has 0 atom stereocenters. The number of rotatable bonds is 5. The van der Waals surface area contributed by atoms with Gasteiger partial charge in [-0.2, -0.15) is 5.10 Å². The fourth-order valence-electron chi connectivity index (χ4n) is 5.20. The number of amides is 2. The molecule has 184 valence electrons. The van der Waals surface area contributed by atoms with Crippen LogP contribution in [0, 0.1) is 13.8 Å². The lowest BCUT2D eigenvalue weighted by Crippen LogP contribution is -2.28. The third-order valence-electron chi connectivity index (χ3n) is 7.17. The number of hydrogen-bond donors (Lipinski definition) is 1. The largest absolute Gasteiger partial charge is 0.326 e. The molecule has 3 heterocycles. The molecular formula is C30H27N5O2. The number of carbonyl (C=O) groups is 2. The van der Waals surface area contributed by atoms with Crippen LogP contribution in [0.3, 0.4) is 0 Å². The van der Waals surface area contributed by atoms with Crippen LogP contribution < -0.4 is 10.2 Å². The van der Waals surface area contributed by atoms with Gasteiger partial charge in [0.2, 0.25) is 5.91 Å². The summed E-state index contributed by atoms with van der Waals surface area (Å²) in [6, 6.07) is 23.1. The quantitative estimate of drug-likeness (QED) is 0.365. The van der Waals surface area contributed by atoms with Crippen molar-refractivity contribution in [2.75, 3.05) is 16.8 Å². The third-order valence-corrected chi connectivity index (χ3v) is 7.17. The van der Waals surface area contributed by atoms with E-state index in [4.69, 9.17) is 10.1 Å². The predicted molar refractivity (Wildman–Crippen MR) is 145 cm³/mol. The van der Waals surface area contributed by atoms with E-state index in [-0.39, 0.29) is 11.8 Å². The molecule has 0 fully saturated rings. The van der Waals surface area contributed by atoms with Crippen molar-refractivity contribution in [2.45, 2.75) is 33.1 Å². The van der Waals surface area contributed by atoms with Gasteiger partial charge in [-0.25, -0.2) is 9.50 Å². The first-order valence-corrected chi connectivity index (χ1v) is 12.5. The van der Waals surface area contributed by atoms with E-state index in [0.29, 0.717) is 30.6 Å². The molecule has 0 radical (unpaired) electrons. The first-order valence-electron chi connectivity index (χ1n) is 12.5. The molecule has 1 aliphatic rings. The smallest absolute Gasteiger partial charge is 0.258 e. The van der Waals surface area contributed by atoms with Crippen molar-refractivity contribution in [3.05, 3.63) is 101 Å². The van der Waals surface area contributed by atoms with Gasteiger partial charge in [-0.15, -0.1) is 0 Å². The van der Waals surface area contributed by atoms with Gasteiger partial charge in [0.15, 0.2) is 5.65 Å². The standard InChI is InChI=1S/C30H27N5O2/c1-19-24(20(2)35-29(31-19)25-8-4-5-9-26(25)33-35)15-16-28(36)32-23-13-11-22(12-14-23)30(37)34-18-17-21-7-3-6-10-27(21)34/h3-14H,15-18H2,1-2H3,(H,32,36). The lowest BCUT2D eigenvalue weighted by molar-refractivity contribution is -0.116. The monoisotopic (exact) mass is 489 g/mol. The molecule has 37 heavy (non-hydrogen) atoms. The summed E-state index contributed by atoms with van der Waals surface area (Å²) in [5.41, 5.74) is 8.13. The van der Waals surface area contributed by atoms with Crippen LogP contribution in [0.5, 0.6) is 0 Å². The van der Waals surface area contributed by atoms with Crippen molar-refractivity contribution in [1.29, 1.82) is 0 Å². The van der Waals surface area contributed by atoms with E-state index in [1.54, 1.807) is 24.3 Å². The van der Waals surface area contributed by atoms with Crippen LogP contribution in [-0.4, -0.2) is 33.0 Å². The van der Waals surface area contributed by atoms with E-state index in [1.807, 2.05) is 65.7 Å². The summed E-state index contributed by atoms with van der Waals surface area (Å²) in [5, 5.41) is 8.67. The van der Waals surface area contributed by atoms with Crippen LogP contribution in [-0.2, 0) is 17.6 Å². The van der Waals surface area contributed by atoms with E-state index in [0.717, 1.165) is 45.6 Å². The van der Waals surface area contributed by atoms with Gasteiger partial charge in [0, 0.05) is 46.7 Å². The van der Waals surface area contributed by atoms with E-state index in [1.165, 1.54) is 5.56 Å². The maximum atomic E-state index is 13.0. The molecule has 0 unspecified atom stereocenters. The Kier molecular flexibility index (Phi) is 5.68. The molecule has 2 amide bonds. The van der Waals surface area contributed by atoms with Gasteiger partial charge in [0.1, 0.15) is 0 Å². The maximum absolute atomic E-state index is 13.0. The van der Waals surface area contributed by atoms with Crippen molar-refractivity contribution < 1.29 is 9.59 Å². The van der Waals surface area contributed by atoms with E-state index in [2.05, 4.69) is 11.4 Å². The minimum Gasteiger partial charge on any atom is -0.326 e. The lowest BCUT2D eigenvalue weighted by Gasteiger charge is -2.17. The Morgan fingerprint density at radius 2 is 1.70 bits per heavy atom. The highest BCUT2D eigenvalue weighted by Gasteiger charge is 2.25. The summed E-state index contributed by atoms with van der Waals surface area (Å²) in [6.45, 7) is 4.69. The second-order valence-corrected chi connectivity index (χ2v) is 9.47. The molecule has 3 aromatic carbocycles. The Hall–Kier alpha value is -4.52. The molecule has 0 saturated heterocycles. The third kappa shape index (κ3) is 4.12. The van der Waals surface area contributed by atoms with Crippen LogP contribution >= 0.6 is 0 Å².